The largest absolute Gasteiger partial charge is 0.480 e. The maximum Gasteiger partial charge on any atom is 0.326 e. The van der Waals surface area contributed by atoms with Crippen molar-refractivity contribution in [2.45, 2.75) is 23.6 Å². The molecule has 0 bridgehead atoms. The Kier molecular flexibility index (Phi) is 4.57. The van der Waals surface area contributed by atoms with Crippen LogP contribution >= 0.6 is 23.1 Å². The smallest absolute Gasteiger partial charge is 0.326 e. The van der Waals surface area contributed by atoms with Crippen molar-refractivity contribution in [1.82, 2.24) is 4.98 Å². The molecule has 0 saturated carbocycles. The van der Waals surface area contributed by atoms with Gasteiger partial charge in [0, 0.05) is 10.3 Å². The van der Waals surface area contributed by atoms with E-state index in [4.69, 9.17) is 10.8 Å². The quantitative estimate of drug-likeness (QED) is 0.829. The molecule has 0 aliphatic heterocycles. The summed E-state index contributed by atoms with van der Waals surface area (Å²) in [7, 11) is 0. The number of nitrogens with two attached hydrogens (primary N) is 1. The summed E-state index contributed by atoms with van der Waals surface area (Å²) in [6, 6.07) is 7.20. The summed E-state index contributed by atoms with van der Waals surface area (Å²) < 4.78 is 0. The maximum absolute atomic E-state index is 10.8. The fourth-order valence-corrected chi connectivity index (χ4v) is 3.37. The summed E-state index contributed by atoms with van der Waals surface area (Å²) in [4.78, 5) is 16.2. The monoisotopic (exact) mass is 294 g/mol. The summed E-state index contributed by atoms with van der Waals surface area (Å²) in [5.74, 6) is -0.330. The normalized spacial score (nSPS) is 12.3. The first-order chi connectivity index (χ1) is 9.06. The number of nitrogens with zero attached hydrogens (tertiary/aromatic N) is 1. The number of benzene rings is 1. The van der Waals surface area contributed by atoms with Crippen LogP contribution in [0.1, 0.15) is 22.3 Å². The summed E-state index contributed by atoms with van der Waals surface area (Å²) in [5, 5.41) is 11.4. The van der Waals surface area contributed by atoms with Crippen LogP contribution in [0.5, 0.6) is 0 Å². The number of hydrogen-bond donors (Lipinski definition) is 2. The first-order valence-electron chi connectivity index (χ1n) is 5.68. The van der Waals surface area contributed by atoms with E-state index in [0.717, 1.165) is 10.8 Å². The van der Waals surface area contributed by atoms with Gasteiger partial charge in [0.2, 0.25) is 0 Å². The van der Waals surface area contributed by atoms with Crippen LogP contribution in [0.3, 0.4) is 0 Å². The molecule has 1 atom stereocenters. The lowest BCUT2D eigenvalue weighted by Gasteiger charge is -2.01. The highest BCUT2D eigenvalue weighted by molar-refractivity contribution is 7.98. The second-order valence-corrected chi connectivity index (χ2v) is 6.08. The molecule has 0 spiro atoms. The first kappa shape index (κ1) is 14.0. The Morgan fingerprint density at radius 3 is 3.05 bits per heavy atom. The average molecular weight is 294 g/mol. The highest BCUT2D eigenvalue weighted by atomic mass is 32.2. The van der Waals surface area contributed by atoms with Gasteiger partial charge in [-0.05, 0) is 19.1 Å². The third kappa shape index (κ3) is 3.79. The maximum atomic E-state index is 10.8. The summed E-state index contributed by atoms with van der Waals surface area (Å²) >= 11 is 3.12. The zero-order chi connectivity index (χ0) is 13.8. The van der Waals surface area contributed by atoms with Crippen LogP contribution in [0.25, 0.3) is 0 Å². The van der Waals surface area contributed by atoms with E-state index in [0.29, 0.717) is 5.69 Å². The number of carboxylic acids is 1. The highest BCUT2D eigenvalue weighted by Gasteiger charge is 2.17. The molecule has 100 valence electrons. The van der Waals surface area contributed by atoms with Gasteiger partial charge >= 0.3 is 5.97 Å². The van der Waals surface area contributed by atoms with Crippen LogP contribution in [0.2, 0.25) is 0 Å². The minimum Gasteiger partial charge on any atom is -0.480 e. The van der Waals surface area contributed by atoms with Crippen LogP contribution < -0.4 is 5.73 Å². The van der Waals surface area contributed by atoms with Crippen molar-refractivity contribution >= 4 is 29.1 Å². The van der Waals surface area contributed by atoms with Gasteiger partial charge in [0.05, 0.1) is 11.4 Å². The van der Waals surface area contributed by atoms with Crippen LogP contribution in [0, 0.1) is 6.92 Å². The third-order valence-corrected chi connectivity index (χ3v) is 4.56. The van der Waals surface area contributed by atoms with Gasteiger partial charge in [-0.15, -0.1) is 23.1 Å². The Balaban J connectivity index is 1.99. The molecule has 19 heavy (non-hydrogen) atoms. The predicted octanol–water partition coefficient (Wildman–Crippen LogP) is 2.83. The zero-order valence-electron chi connectivity index (χ0n) is 10.4. The molecule has 6 heteroatoms. The highest BCUT2D eigenvalue weighted by Crippen LogP contribution is 2.26. The molecular weight excluding hydrogens is 280 g/mol. The molecule has 0 radical (unpaired) electrons. The second kappa shape index (κ2) is 6.18. The number of aryl methyl sites for hydroxylation is 1. The predicted molar refractivity (Wildman–Crippen MR) is 77.4 cm³/mol. The van der Waals surface area contributed by atoms with Crippen molar-refractivity contribution in [3.05, 3.63) is 45.9 Å². The molecule has 2 aromatic rings. The topological polar surface area (TPSA) is 76.2 Å². The Hall–Kier alpha value is -1.37. The minimum absolute atomic E-state index is 0.428. The third-order valence-electron chi connectivity index (χ3n) is 2.51. The number of rotatable bonds is 5. The Labute approximate surface area is 119 Å². The van der Waals surface area contributed by atoms with E-state index in [1.54, 1.807) is 17.1 Å². The standard InChI is InChI=1S/C13H14N2O2S2/c1-8-3-2-4-9(5-8)18-7-11-15-10(6-19-11)12(14)13(16)17/h2-6,12H,7,14H2,1H3,(H,16,17). The molecule has 0 aliphatic carbocycles. The molecule has 4 nitrogen and oxygen atoms in total. The van der Waals surface area contributed by atoms with Crippen molar-refractivity contribution < 1.29 is 9.90 Å². The lowest BCUT2D eigenvalue weighted by molar-refractivity contribution is -0.138. The Bertz CT molecular complexity index is 584. The van der Waals surface area contributed by atoms with Crippen LogP contribution in [-0.4, -0.2) is 16.1 Å². The second-order valence-electron chi connectivity index (χ2n) is 4.09. The van der Waals surface area contributed by atoms with Gasteiger partial charge in [-0.25, -0.2) is 4.98 Å². The molecule has 2 rings (SSSR count). The average Bonchev–Trinajstić information content (AvgIpc) is 2.84. The number of carbonyl (C=O) groups is 1. The Morgan fingerprint density at radius 1 is 1.58 bits per heavy atom. The van der Waals surface area contributed by atoms with Crippen molar-refractivity contribution in [2.24, 2.45) is 5.73 Å². The van der Waals surface area contributed by atoms with Gasteiger partial charge in [-0.3, -0.25) is 4.79 Å². The molecular formula is C13H14N2O2S2. The first-order valence-corrected chi connectivity index (χ1v) is 7.55. The van der Waals surface area contributed by atoms with E-state index in [1.165, 1.54) is 21.8 Å². The fraction of sp³-hybridized carbons (Fsp3) is 0.231. The van der Waals surface area contributed by atoms with Crippen molar-refractivity contribution in [1.29, 1.82) is 0 Å². The van der Waals surface area contributed by atoms with Gasteiger partial charge in [-0.2, -0.15) is 0 Å². The summed E-state index contributed by atoms with van der Waals surface area (Å²) in [5.41, 5.74) is 7.16. The summed E-state index contributed by atoms with van der Waals surface area (Å²) in [6.07, 6.45) is 0. The molecule has 0 saturated heterocycles. The van der Waals surface area contributed by atoms with E-state index in [-0.39, 0.29) is 0 Å². The number of aromatic nitrogens is 1. The molecule has 1 aromatic heterocycles. The lowest BCUT2D eigenvalue weighted by Crippen LogP contribution is -2.20. The van der Waals surface area contributed by atoms with Crippen LogP contribution in [0.15, 0.2) is 34.5 Å². The molecule has 1 aromatic carbocycles. The van der Waals surface area contributed by atoms with Crippen LogP contribution in [-0.2, 0) is 10.5 Å². The number of thioether (sulfide) groups is 1. The van der Waals surface area contributed by atoms with E-state index in [9.17, 15) is 4.79 Å². The number of thiazole rings is 1. The zero-order valence-corrected chi connectivity index (χ0v) is 12.0. The Morgan fingerprint density at radius 2 is 2.37 bits per heavy atom. The number of hydrogen-bond acceptors (Lipinski definition) is 5. The van der Waals surface area contributed by atoms with Crippen LogP contribution in [0.4, 0.5) is 0 Å². The number of aliphatic carboxylic acids is 1. The molecule has 0 aliphatic rings. The van der Waals surface area contributed by atoms with Crippen molar-refractivity contribution in [3.63, 3.8) is 0 Å². The molecule has 3 N–H and O–H groups in total. The molecule has 1 heterocycles. The number of carboxylic acid groups (broad SMARTS) is 1. The SMILES string of the molecule is Cc1cccc(SCc2nc(C(N)C(=O)O)cs2)c1. The molecule has 1 unspecified atom stereocenters. The van der Waals surface area contributed by atoms with Gasteiger partial charge in [0.15, 0.2) is 0 Å². The molecule has 0 fully saturated rings. The van der Waals surface area contributed by atoms with Gasteiger partial charge in [0.25, 0.3) is 0 Å². The molecule has 0 amide bonds. The van der Waals surface area contributed by atoms with E-state index >= 15 is 0 Å². The lowest BCUT2D eigenvalue weighted by atomic mass is 10.2. The van der Waals surface area contributed by atoms with Gasteiger partial charge < -0.3 is 10.8 Å². The van der Waals surface area contributed by atoms with E-state index < -0.39 is 12.0 Å². The van der Waals surface area contributed by atoms with Crippen molar-refractivity contribution in [2.75, 3.05) is 0 Å². The van der Waals surface area contributed by atoms with Gasteiger partial charge in [0.1, 0.15) is 11.0 Å². The van der Waals surface area contributed by atoms with E-state index in [1.807, 2.05) is 6.07 Å². The van der Waals surface area contributed by atoms with E-state index in [2.05, 4.69) is 30.1 Å². The van der Waals surface area contributed by atoms with Crippen molar-refractivity contribution in [3.8, 4) is 0 Å². The van der Waals surface area contributed by atoms with Gasteiger partial charge in [-0.1, -0.05) is 17.7 Å². The fourth-order valence-electron chi connectivity index (χ4n) is 1.51. The summed E-state index contributed by atoms with van der Waals surface area (Å²) in [6.45, 7) is 2.05. The minimum atomic E-state index is -1.05.